The van der Waals surface area contributed by atoms with Crippen LogP contribution in [0.4, 0.5) is 4.39 Å². The third-order valence-electron chi connectivity index (χ3n) is 5.83. The van der Waals surface area contributed by atoms with E-state index < -0.39 is 38.6 Å². The highest BCUT2D eigenvalue weighted by Gasteiger charge is 2.60. The van der Waals surface area contributed by atoms with Crippen LogP contribution >= 0.6 is 11.6 Å². The number of benzene rings is 1. The lowest BCUT2D eigenvalue weighted by Gasteiger charge is -2.32. The van der Waals surface area contributed by atoms with Crippen molar-refractivity contribution >= 4 is 27.3 Å². The third kappa shape index (κ3) is 2.93. The van der Waals surface area contributed by atoms with Crippen molar-refractivity contribution in [2.45, 2.75) is 35.2 Å². The van der Waals surface area contributed by atoms with Crippen molar-refractivity contribution in [2.24, 2.45) is 5.92 Å². The molecule has 2 atom stereocenters. The van der Waals surface area contributed by atoms with Gasteiger partial charge in [0.1, 0.15) is 16.9 Å². The number of halogens is 2. The van der Waals surface area contributed by atoms with E-state index in [4.69, 9.17) is 11.6 Å². The van der Waals surface area contributed by atoms with Gasteiger partial charge in [0.2, 0.25) is 15.7 Å². The first-order chi connectivity index (χ1) is 13.7. The summed E-state index contributed by atoms with van der Waals surface area (Å²) in [5, 5.41) is 21.4. The molecular formula is C19H16ClFN4O3S. The Labute approximate surface area is 172 Å². The molecule has 2 heterocycles. The van der Waals surface area contributed by atoms with Crippen LogP contribution in [0.1, 0.15) is 19.3 Å². The van der Waals surface area contributed by atoms with Crippen molar-refractivity contribution in [3.63, 3.8) is 0 Å². The van der Waals surface area contributed by atoms with Gasteiger partial charge in [0.15, 0.2) is 0 Å². The van der Waals surface area contributed by atoms with Crippen LogP contribution in [0.25, 0.3) is 0 Å². The molecule has 7 nitrogen and oxygen atoms in total. The molecule has 4 rings (SSSR count). The first-order valence-electron chi connectivity index (χ1n) is 8.99. The van der Waals surface area contributed by atoms with Crippen molar-refractivity contribution < 1.29 is 17.6 Å². The number of carbonyl (C=O) groups excluding carboxylic acids is 1. The van der Waals surface area contributed by atoms with E-state index in [2.05, 4.69) is 17.5 Å². The number of carbonyl (C=O) groups is 1. The lowest BCUT2D eigenvalue weighted by Crippen LogP contribution is -2.57. The SMILES string of the molecule is N#CC1CCN2CC(S(=O)(=O)c3ccc(F)cc3Cl)=CC12C(=O)NC1(C#N)CC1. The molecule has 1 saturated heterocycles. The highest BCUT2D eigenvalue weighted by Crippen LogP contribution is 2.45. The molecule has 1 N–H and O–H groups in total. The molecule has 0 aromatic heterocycles. The van der Waals surface area contributed by atoms with Gasteiger partial charge >= 0.3 is 0 Å². The highest BCUT2D eigenvalue weighted by molar-refractivity contribution is 7.95. The second-order valence-corrected chi connectivity index (χ2v) is 9.93. The molecule has 1 amide bonds. The average molecular weight is 435 g/mol. The Morgan fingerprint density at radius 3 is 2.66 bits per heavy atom. The summed E-state index contributed by atoms with van der Waals surface area (Å²) in [4.78, 5) is 14.5. The maximum absolute atomic E-state index is 13.3. The quantitative estimate of drug-likeness (QED) is 0.724. The predicted octanol–water partition coefficient (Wildman–Crippen LogP) is 1.91. The smallest absolute Gasteiger partial charge is 0.247 e. The van der Waals surface area contributed by atoms with Crippen LogP contribution in [0.3, 0.4) is 0 Å². The highest BCUT2D eigenvalue weighted by atomic mass is 35.5. The third-order valence-corrected chi connectivity index (χ3v) is 8.13. The Bertz CT molecular complexity index is 1130. The van der Waals surface area contributed by atoms with Gasteiger partial charge in [0.25, 0.3) is 0 Å². The Morgan fingerprint density at radius 2 is 2.07 bits per heavy atom. The second-order valence-electron chi connectivity index (χ2n) is 7.55. The minimum absolute atomic E-state index is 0.0667. The zero-order valence-corrected chi connectivity index (χ0v) is 16.7. The van der Waals surface area contributed by atoms with Gasteiger partial charge < -0.3 is 5.32 Å². The Kier molecular flexibility index (Phi) is 4.47. The van der Waals surface area contributed by atoms with E-state index in [1.807, 2.05) is 0 Å². The van der Waals surface area contributed by atoms with Gasteiger partial charge in [-0.2, -0.15) is 10.5 Å². The Hall–Kier alpha value is -2.46. The van der Waals surface area contributed by atoms with Crippen LogP contribution in [0.15, 0.2) is 34.1 Å². The summed E-state index contributed by atoms with van der Waals surface area (Å²) >= 11 is 5.95. The van der Waals surface area contributed by atoms with E-state index in [0.717, 1.165) is 18.2 Å². The minimum atomic E-state index is -4.10. The molecule has 0 radical (unpaired) electrons. The van der Waals surface area contributed by atoms with E-state index in [-0.39, 0.29) is 21.4 Å². The number of amides is 1. The van der Waals surface area contributed by atoms with Gasteiger partial charge in [0, 0.05) is 13.1 Å². The lowest BCUT2D eigenvalue weighted by atomic mass is 9.85. The fraction of sp³-hybridized carbons (Fsp3) is 0.421. The number of hydrogen-bond acceptors (Lipinski definition) is 6. The first-order valence-corrected chi connectivity index (χ1v) is 10.8. The molecule has 10 heteroatoms. The van der Waals surface area contributed by atoms with Gasteiger partial charge in [-0.05, 0) is 43.5 Å². The summed E-state index contributed by atoms with van der Waals surface area (Å²) in [5.41, 5.74) is -2.41. The molecule has 3 aliphatic rings. The van der Waals surface area contributed by atoms with Gasteiger partial charge in [-0.25, -0.2) is 12.8 Å². The molecule has 0 spiro atoms. The molecule has 2 aliphatic heterocycles. The van der Waals surface area contributed by atoms with Gasteiger partial charge in [0.05, 0.1) is 32.9 Å². The molecular weight excluding hydrogens is 419 g/mol. The molecule has 2 fully saturated rings. The summed E-state index contributed by atoms with van der Waals surface area (Å²) in [6.07, 6.45) is 2.75. The van der Waals surface area contributed by atoms with Crippen LogP contribution in [0.2, 0.25) is 5.02 Å². The summed E-state index contributed by atoms with van der Waals surface area (Å²) < 4.78 is 39.6. The monoisotopic (exact) mass is 434 g/mol. The van der Waals surface area contributed by atoms with E-state index in [1.165, 1.54) is 6.08 Å². The molecule has 0 bridgehead atoms. The number of rotatable bonds is 4. The fourth-order valence-electron chi connectivity index (χ4n) is 4.03. The zero-order valence-electron chi connectivity index (χ0n) is 15.2. The van der Waals surface area contributed by atoms with E-state index in [9.17, 15) is 28.1 Å². The predicted molar refractivity (Wildman–Crippen MR) is 100 cm³/mol. The van der Waals surface area contributed by atoms with Gasteiger partial charge in [-0.15, -0.1) is 0 Å². The topological polar surface area (TPSA) is 114 Å². The molecule has 1 aliphatic carbocycles. The summed E-state index contributed by atoms with van der Waals surface area (Å²) in [6.45, 7) is 0.291. The van der Waals surface area contributed by atoms with Crippen molar-refractivity contribution in [2.75, 3.05) is 13.1 Å². The second kappa shape index (κ2) is 6.53. The average Bonchev–Trinajstić information content (AvgIpc) is 3.18. The van der Waals surface area contributed by atoms with Crippen LogP contribution in [0.5, 0.6) is 0 Å². The van der Waals surface area contributed by atoms with Gasteiger partial charge in [-0.3, -0.25) is 9.69 Å². The number of fused-ring (bicyclic) bond motifs is 1. The summed E-state index contributed by atoms with van der Waals surface area (Å²) in [5.74, 6) is -1.97. The maximum atomic E-state index is 13.3. The van der Waals surface area contributed by atoms with Crippen LogP contribution in [0, 0.1) is 34.4 Å². The van der Waals surface area contributed by atoms with Crippen molar-refractivity contribution in [1.29, 1.82) is 10.5 Å². The van der Waals surface area contributed by atoms with Crippen LogP contribution in [-0.2, 0) is 14.6 Å². The summed E-state index contributed by atoms with van der Waals surface area (Å²) in [7, 11) is -4.10. The first kappa shape index (κ1) is 19.8. The number of nitriles is 2. The zero-order chi connectivity index (χ0) is 21.0. The Balaban J connectivity index is 1.78. The summed E-state index contributed by atoms with van der Waals surface area (Å²) in [6, 6.07) is 7.18. The van der Waals surface area contributed by atoms with Crippen molar-refractivity contribution in [1.82, 2.24) is 10.2 Å². The van der Waals surface area contributed by atoms with Crippen LogP contribution < -0.4 is 5.32 Å². The van der Waals surface area contributed by atoms with E-state index in [1.54, 1.807) is 4.90 Å². The maximum Gasteiger partial charge on any atom is 0.247 e. The van der Waals surface area contributed by atoms with E-state index >= 15 is 0 Å². The number of hydrogen-bond donors (Lipinski definition) is 1. The van der Waals surface area contributed by atoms with Crippen molar-refractivity contribution in [3.05, 3.63) is 40.0 Å². The lowest BCUT2D eigenvalue weighted by molar-refractivity contribution is -0.130. The Morgan fingerprint density at radius 1 is 1.34 bits per heavy atom. The normalized spacial score (nSPS) is 27.4. The largest absolute Gasteiger partial charge is 0.336 e. The van der Waals surface area contributed by atoms with Crippen LogP contribution in [-0.4, -0.2) is 43.4 Å². The molecule has 1 aromatic rings. The molecule has 29 heavy (non-hydrogen) atoms. The minimum Gasteiger partial charge on any atom is -0.336 e. The standard InChI is InChI=1S/C19H16ClFN4O3S/c20-15-7-13(21)1-2-16(15)29(27,28)14-8-19(12(9-22)3-6-25(19)10-14)17(26)24-18(11-23)4-5-18/h1-2,7-8,12H,3-6,10H2,(H,24,26). The number of nitrogens with one attached hydrogen (secondary N) is 1. The molecule has 1 saturated carbocycles. The molecule has 150 valence electrons. The fourth-order valence-corrected chi connectivity index (χ4v) is 6.00. The number of nitrogens with zero attached hydrogens (tertiary/aromatic N) is 3. The number of sulfone groups is 1. The molecule has 1 aromatic carbocycles. The van der Waals surface area contributed by atoms with Crippen molar-refractivity contribution in [3.8, 4) is 12.1 Å². The molecule has 2 unspecified atom stereocenters. The van der Waals surface area contributed by atoms with Gasteiger partial charge in [-0.1, -0.05) is 11.6 Å². The van der Waals surface area contributed by atoms with E-state index in [0.29, 0.717) is 25.8 Å².